The molecule has 0 saturated carbocycles. The predicted molar refractivity (Wildman–Crippen MR) is 117 cm³/mol. The van der Waals surface area contributed by atoms with Gasteiger partial charge in [-0.05, 0) is 49.2 Å². The molecule has 9 nitrogen and oxygen atoms in total. The smallest absolute Gasteiger partial charge is 0.340 e. The molecule has 0 aliphatic heterocycles. The van der Waals surface area contributed by atoms with E-state index in [2.05, 4.69) is 15.6 Å². The van der Waals surface area contributed by atoms with Gasteiger partial charge in [-0.2, -0.15) is 0 Å². The van der Waals surface area contributed by atoms with E-state index in [-0.39, 0.29) is 30.7 Å². The summed E-state index contributed by atoms with van der Waals surface area (Å²) in [6, 6.07) is 10.3. The summed E-state index contributed by atoms with van der Waals surface area (Å²) in [5, 5.41) is 5.57. The van der Waals surface area contributed by atoms with Crippen molar-refractivity contribution < 1.29 is 28.3 Å². The van der Waals surface area contributed by atoms with Crippen LogP contribution in [0.2, 0.25) is 0 Å². The van der Waals surface area contributed by atoms with Crippen molar-refractivity contribution in [2.24, 2.45) is 0 Å². The molecule has 0 bridgehead atoms. The maximum absolute atomic E-state index is 12.7. The molecule has 9 heteroatoms. The molecule has 0 aliphatic rings. The van der Waals surface area contributed by atoms with E-state index >= 15 is 0 Å². The van der Waals surface area contributed by atoms with Crippen LogP contribution < -0.4 is 10.6 Å². The number of ether oxygens (including phenoxy) is 2. The zero-order valence-corrected chi connectivity index (χ0v) is 18.1. The Morgan fingerprint density at radius 3 is 2.59 bits per heavy atom. The van der Waals surface area contributed by atoms with E-state index < -0.39 is 5.97 Å². The number of carbonyl (C=O) groups excluding carboxylic acids is 3. The maximum atomic E-state index is 12.7. The summed E-state index contributed by atoms with van der Waals surface area (Å²) in [7, 11) is 1.52. The molecule has 0 aliphatic carbocycles. The van der Waals surface area contributed by atoms with Crippen LogP contribution in [-0.4, -0.2) is 43.1 Å². The van der Waals surface area contributed by atoms with Gasteiger partial charge in [0.25, 0.3) is 11.8 Å². The number of furan rings is 1. The Labute approximate surface area is 185 Å². The standard InChI is InChI=1S/C23H25N3O6/c1-14-19(23(29)32-11-10-30-3)15(2)25-20(14)22(28)24-13-16-6-4-7-17(12-16)26-21(27)18-8-5-9-31-18/h4-9,12,25H,10-11,13H2,1-3H3,(H,24,28)(H,26,27). The van der Waals surface area contributed by atoms with Gasteiger partial charge in [0, 0.05) is 25.0 Å². The minimum absolute atomic E-state index is 0.133. The molecule has 1 aromatic carbocycles. The first kappa shape index (κ1) is 22.8. The number of esters is 1. The summed E-state index contributed by atoms with van der Waals surface area (Å²) in [6.07, 6.45) is 1.43. The molecule has 3 N–H and O–H groups in total. The monoisotopic (exact) mass is 439 g/mol. The van der Waals surface area contributed by atoms with Gasteiger partial charge in [0.15, 0.2) is 5.76 Å². The molecule has 0 radical (unpaired) electrons. The normalized spacial score (nSPS) is 10.6. The van der Waals surface area contributed by atoms with Crippen LogP contribution in [0.15, 0.2) is 47.1 Å². The highest BCUT2D eigenvalue weighted by atomic mass is 16.6. The van der Waals surface area contributed by atoms with E-state index in [0.29, 0.717) is 34.8 Å². The number of benzene rings is 1. The molecule has 2 aromatic heterocycles. The van der Waals surface area contributed by atoms with Crippen molar-refractivity contribution in [3.05, 3.63) is 76.5 Å². The molecule has 2 heterocycles. The van der Waals surface area contributed by atoms with E-state index in [0.717, 1.165) is 5.56 Å². The van der Waals surface area contributed by atoms with Crippen LogP contribution in [0.4, 0.5) is 5.69 Å². The molecule has 0 fully saturated rings. The van der Waals surface area contributed by atoms with Crippen molar-refractivity contribution >= 4 is 23.5 Å². The Balaban J connectivity index is 1.63. The lowest BCUT2D eigenvalue weighted by Crippen LogP contribution is -2.24. The average Bonchev–Trinajstić information content (AvgIpc) is 3.41. The summed E-state index contributed by atoms with van der Waals surface area (Å²) in [4.78, 5) is 40.1. The van der Waals surface area contributed by atoms with Crippen LogP contribution in [0.3, 0.4) is 0 Å². The molecule has 32 heavy (non-hydrogen) atoms. The van der Waals surface area contributed by atoms with Crippen LogP contribution in [0, 0.1) is 13.8 Å². The second kappa shape index (κ2) is 10.5. The Morgan fingerprint density at radius 1 is 1.06 bits per heavy atom. The van der Waals surface area contributed by atoms with Gasteiger partial charge >= 0.3 is 5.97 Å². The molecule has 0 saturated heterocycles. The van der Waals surface area contributed by atoms with E-state index in [1.165, 1.54) is 13.4 Å². The molecular weight excluding hydrogens is 414 g/mol. The van der Waals surface area contributed by atoms with Crippen molar-refractivity contribution in [3.8, 4) is 0 Å². The summed E-state index contributed by atoms with van der Waals surface area (Å²) >= 11 is 0. The van der Waals surface area contributed by atoms with Crippen LogP contribution in [0.5, 0.6) is 0 Å². The predicted octanol–water partition coefficient (Wildman–Crippen LogP) is 3.21. The molecule has 0 spiro atoms. The fourth-order valence-electron chi connectivity index (χ4n) is 3.20. The van der Waals surface area contributed by atoms with Gasteiger partial charge in [-0.3, -0.25) is 9.59 Å². The summed E-state index contributed by atoms with van der Waals surface area (Å²) in [5.74, 6) is -1.02. The van der Waals surface area contributed by atoms with Crippen molar-refractivity contribution in [1.29, 1.82) is 0 Å². The number of hydrogen-bond acceptors (Lipinski definition) is 6. The second-order valence-corrected chi connectivity index (χ2v) is 7.07. The Morgan fingerprint density at radius 2 is 1.88 bits per heavy atom. The minimum atomic E-state index is -0.507. The Kier molecular flexibility index (Phi) is 7.45. The van der Waals surface area contributed by atoms with E-state index in [1.807, 2.05) is 6.07 Å². The first-order valence-corrected chi connectivity index (χ1v) is 9.98. The summed E-state index contributed by atoms with van der Waals surface area (Å²) in [5.41, 5.74) is 3.07. The maximum Gasteiger partial charge on any atom is 0.340 e. The van der Waals surface area contributed by atoms with Crippen molar-refractivity contribution in [1.82, 2.24) is 10.3 Å². The molecule has 2 amide bonds. The third-order valence-corrected chi connectivity index (χ3v) is 4.77. The van der Waals surface area contributed by atoms with Crippen LogP contribution >= 0.6 is 0 Å². The first-order valence-electron chi connectivity index (χ1n) is 9.98. The van der Waals surface area contributed by atoms with Gasteiger partial charge in [0.2, 0.25) is 0 Å². The lowest BCUT2D eigenvalue weighted by molar-refractivity contribution is 0.0386. The third kappa shape index (κ3) is 5.44. The summed E-state index contributed by atoms with van der Waals surface area (Å²) < 4.78 is 15.1. The van der Waals surface area contributed by atoms with Crippen LogP contribution in [-0.2, 0) is 16.0 Å². The van der Waals surface area contributed by atoms with Gasteiger partial charge in [0.1, 0.15) is 12.3 Å². The zero-order chi connectivity index (χ0) is 23.1. The number of H-pyrrole nitrogens is 1. The number of hydrogen-bond donors (Lipinski definition) is 3. The third-order valence-electron chi connectivity index (χ3n) is 4.77. The van der Waals surface area contributed by atoms with Crippen molar-refractivity contribution in [3.63, 3.8) is 0 Å². The van der Waals surface area contributed by atoms with Gasteiger partial charge in [-0.25, -0.2) is 4.79 Å². The highest BCUT2D eigenvalue weighted by Gasteiger charge is 2.23. The molecule has 168 valence electrons. The number of anilines is 1. The van der Waals surface area contributed by atoms with Crippen LogP contribution in [0.1, 0.15) is 48.2 Å². The van der Waals surface area contributed by atoms with Crippen molar-refractivity contribution in [2.75, 3.05) is 25.6 Å². The van der Waals surface area contributed by atoms with Gasteiger partial charge < -0.3 is 29.5 Å². The fourth-order valence-corrected chi connectivity index (χ4v) is 3.20. The first-order chi connectivity index (χ1) is 15.4. The quantitative estimate of drug-likeness (QED) is 0.348. The van der Waals surface area contributed by atoms with Gasteiger partial charge in [-0.15, -0.1) is 0 Å². The van der Waals surface area contributed by atoms with E-state index in [1.54, 1.807) is 44.2 Å². The SMILES string of the molecule is COCCOC(=O)c1c(C)[nH]c(C(=O)NCc2cccc(NC(=O)c3ccco3)c2)c1C. The molecule has 0 unspecified atom stereocenters. The molecule has 0 atom stereocenters. The van der Waals surface area contributed by atoms with Crippen LogP contribution in [0.25, 0.3) is 0 Å². The minimum Gasteiger partial charge on any atom is -0.460 e. The number of aryl methyl sites for hydroxylation is 1. The Hall–Kier alpha value is -3.85. The topological polar surface area (TPSA) is 123 Å². The number of amides is 2. The average molecular weight is 439 g/mol. The largest absolute Gasteiger partial charge is 0.460 e. The molecule has 3 rings (SSSR count). The molecule has 3 aromatic rings. The number of nitrogens with one attached hydrogen (secondary N) is 3. The van der Waals surface area contributed by atoms with Gasteiger partial charge in [-0.1, -0.05) is 12.1 Å². The summed E-state index contributed by atoms with van der Waals surface area (Å²) in [6.45, 7) is 4.06. The van der Waals surface area contributed by atoms with Crippen molar-refractivity contribution in [2.45, 2.75) is 20.4 Å². The number of methoxy groups -OCH3 is 1. The highest BCUT2D eigenvalue weighted by Crippen LogP contribution is 2.19. The lowest BCUT2D eigenvalue weighted by atomic mass is 10.1. The van der Waals surface area contributed by atoms with E-state index in [4.69, 9.17) is 13.9 Å². The molecular formula is C23H25N3O6. The second-order valence-electron chi connectivity index (χ2n) is 7.07. The number of rotatable bonds is 9. The number of aromatic amines is 1. The highest BCUT2D eigenvalue weighted by molar-refractivity contribution is 6.02. The zero-order valence-electron chi connectivity index (χ0n) is 18.1. The lowest BCUT2D eigenvalue weighted by Gasteiger charge is -2.08. The van der Waals surface area contributed by atoms with Gasteiger partial charge in [0.05, 0.1) is 18.4 Å². The number of aromatic nitrogens is 1. The van der Waals surface area contributed by atoms with E-state index in [9.17, 15) is 14.4 Å². The number of carbonyl (C=O) groups is 3. The fraction of sp³-hybridized carbons (Fsp3) is 0.261. The Bertz CT molecular complexity index is 1100.